The molecule has 0 bridgehead atoms. The summed E-state index contributed by atoms with van der Waals surface area (Å²) in [6, 6.07) is 10.2. The van der Waals surface area contributed by atoms with Crippen LogP contribution in [0.5, 0.6) is 0 Å². The highest BCUT2D eigenvalue weighted by Crippen LogP contribution is 2.25. The summed E-state index contributed by atoms with van der Waals surface area (Å²) in [6.45, 7) is 4.14. The predicted octanol–water partition coefficient (Wildman–Crippen LogP) is 3.15. The Balaban J connectivity index is 1.51. The lowest BCUT2D eigenvalue weighted by Gasteiger charge is -2.29. The Morgan fingerprint density at radius 2 is 2.13 bits per heavy atom. The number of benzene rings is 1. The maximum atomic E-state index is 5.91. The number of nitrogens with one attached hydrogen (secondary N) is 1. The SMILES string of the molecule is C[C@@H]1c2ccsc2CC[NH+]1Cc1nc(-c2ccc(Cl)cc2)no1. The van der Waals surface area contributed by atoms with E-state index in [9.17, 15) is 0 Å². The molecule has 0 saturated heterocycles. The van der Waals surface area contributed by atoms with Crippen molar-refractivity contribution in [2.75, 3.05) is 6.54 Å². The van der Waals surface area contributed by atoms with Crippen LogP contribution in [0.25, 0.3) is 11.4 Å². The Bertz CT molecular complexity index is 811. The van der Waals surface area contributed by atoms with Crippen LogP contribution in [0.3, 0.4) is 0 Å². The molecule has 0 amide bonds. The largest absolute Gasteiger partial charge is 0.333 e. The zero-order chi connectivity index (χ0) is 15.8. The van der Waals surface area contributed by atoms with Crippen LogP contribution in [-0.2, 0) is 13.0 Å². The second-order valence-electron chi connectivity index (χ2n) is 5.87. The lowest BCUT2D eigenvalue weighted by molar-refractivity contribution is -0.946. The molecular formula is C17H17ClN3OS+. The van der Waals surface area contributed by atoms with Crippen molar-refractivity contribution < 1.29 is 9.42 Å². The summed E-state index contributed by atoms with van der Waals surface area (Å²) in [5.74, 6) is 1.31. The summed E-state index contributed by atoms with van der Waals surface area (Å²) in [4.78, 5) is 7.54. The minimum atomic E-state index is 0.468. The highest BCUT2D eigenvalue weighted by Gasteiger charge is 2.29. The number of quaternary nitrogens is 1. The van der Waals surface area contributed by atoms with E-state index >= 15 is 0 Å². The molecule has 0 fully saturated rings. The van der Waals surface area contributed by atoms with Gasteiger partial charge in [0.15, 0.2) is 6.54 Å². The van der Waals surface area contributed by atoms with Crippen LogP contribution < -0.4 is 4.90 Å². The average Bonchev–Trinajstić information content (AvgIpc) is 3.20. The third-order valence-electron chi connectivity index (χ3n) is 4.48. The number of fused-ring (bicyclic) bond motifs is 1. The third-order valence-corrected chi connectivity index (χ3v) is 5.73. The van der Waals surface area contributed by atoms with Gasteiger partial charge in [-0.25, -0.2) is 0 Å². The number of aromatic nitrogens is 2. The highest BCUT2D eigenvalue weighted by molar-refractivity contribution is 7.10. The molecular weight excluding hydrogens is 330 g/mol. The quantitative estimate of drug-likeness (QED) is 0.792. The molecule has 2 aromatic heterocycles. The van der Waals surface area contributed by atoms with Crippen LogP contribution in [0.1, 0.15) is 29.3 Å². The summed E-state index contributed by atoms with van der Waals surface area (Å²) >= 11 is 7.78. The van der Waals surface area contributed by atoms with Crippen molar-refractivity contribution in [1.29, 1.82) is 0 Å². The summed E-state index contributed by atoms with van der Waals surface area (Å²) in [7, 11) is 0. The smallest absolute Gasteiger partial charge is 0.282 e. The van der Waals surface area contributed by atoms with Crippen LogP contribution in [0.4, 0.5) is 0 Å². The number of halogens is 1. The van der Waals surface area contributed by atoms with Gasteiger partial charge < -0.3 is 9.42 Å². The monoisotopic (exact) mass is 346 g/mol. The fourth-order valence-electron chi connectivity index (χ4n) is 3.13. The van der Waals surface area contributed by atoms with Gasteiger partial charge in [-0.15, -0.1) is 11.3 Å². The van der Waals surface area contributed by atoms with E-state index in [1.54, 1.807) is 0 Å². The standard InChI is InChI=1S/C17H16ClN3OS/c1-11-14-7-9-23-15(14)6-8-21(11)10-16-19-17(20-22-16)12-2-4-13(18)5-3-12/h2-5,7,9,11H,6,8,10H2,1H3/p+1/t11-/m1/s1. The Hall–Kier alpha value is -1.69. The first-order chi connectivity index (χ1) is 11.2. The van der Waals surface area contributed by atoms with Crippen molar-refractivity contribution in [1.82, 2.24) is 10.1 Å². The number of rotatable bonds is 3. The van der Waals surface area contributed by atoms with E-state index in [2.05, 4.69) is 28.5 Å². The van der Waals surface area contributed by atoms with Crippen molar-refractivity contribution in [2.24, 2.45) is 0 Å². The summed E-state index contributed by atoms with van der Waals surface area (Å²) in [5.41, 5.74) is 2.39. The van der Waals surface area contributed by atoms with Crippen LogP contribution in [0.15, 0.2) is 40.2 Å². The molecule has 3 heterocycles. The first-order valence-electron chi connectivity index (χ1n) is 7.70. The van der Waals surface area contributed by atoms with E-state index in [1.807, 2.05) is 35.6 Å². The van der Waals surface area contributed by atoms with Crippen molar-refractivity contribution in [2.45, 2.75) is 25.9 Å². The Labute approximate surface area is 143 Å². The van der Waals surface area contributed by atoms with Gasteiger partial charge in [0.05, 0.1) is 6.54 Å². The lowest BCUT2D eigenvalue weighted by Crippen LogP contribution is -3.11. The zero-order valence-electron chi connectivity index (χ0n) is 12.8. The second-order valence-corrected chi connectivity index (χ2v) is 7.31. The molecule has 6 heteroatoms. The van der Waals surface area contributed by atoms with Gasteiger partial charge in [-0.2, -0.15) is 4.98 Å². The van der Waals surface area contributed by atoms with Gasteiger partial charge in [-0.05, 0) is 42.6 Å². The van der Waals surface area contributed by atoms with Crippen molar-refractivity contribution in [3.8, 4) is 11.4 Å². The van der Waals surface area contributed by atoms with E-state index < -0.39 is 0 Å². The normalized spacial score (nSPS) is 20.4. The van der Waals surface area contributed by atoms with Crippen LogP contribution in [-0.4, -0.2) is 16.7 Å². The molecule has 4 nitrogen and oxygen atoms in total. The average molecular weight is 347 g/mol. The molecule has 1 aliphatic heterocycles. The molecule has 2 atom stereocenters. The van der Waals surface area contributed by atoms with E-state index in [-0.39, 0.29) is 0 Å². The number of thiophene rings is 1. The van der Waals surface area contributed by atoms with Crippen LogP contribution in [0.2, 0.25) is 5.02 Å². The fourth-order valence-corrected chi connectivity index (χ4v) is 4.23. The first-order valence-corrected chi connectivity index (χ1v) is 8.96. The molecule has 0 saturated carbocycles. The summed E-state index contributed by atoms with van der Waals surface area (Å²) in [5, 5.41) is 6.99. The molecule has 0 aliphatic carbocycles. The molecule has 3 aromatic rings. The maximum Gasteiger partial charge on any atom is 0.282 e. The Morgan fingerprint density at radius 1 is 1.30 bits per heavy atom. The molecule has 0 spiro atoms. The number of hydrogen-bond acceptors (Lipinski definition) is 4. The molecule has 118 valence electrons. The zero-order valence-corrected chi connectivity index (χ0v) is 14.3. The third kappa shape index (κ3) is 2.92. The van der Waals surface area contributed by atoms with Crippen LogP contribution in [0, 0.1) is 0 Å². The van der Waals surface area contributed by atoms with E-state index in [0.29, 0.717) is 22.8 Å². The minimum Gasteiger partial charge on any atom is -0.333 e. The Kier molecular flexibility index (Phi) is 3.93. The molecule has 23 heavy (non-hydrogen) atoms. The number of hydrogen-bond donors (Lipinski definition) is 1. The summed E-state index contributed by atoms with van der Waals surface area (Å²) in [6.07, 6.45) is 1.13. The van der Waals surface area contributed by atoms with Crippen LogP contribution >= 0.6 is 22.9 Å². The van der Waals surface area contributed by atoms with Gasteiger partial charge in [0.2, 0.25) is 5.82 Å². The van der Waals surface area contributed by atoms with E-state index in [4.69, 9.17) is 16.1 Å². The van der Waals surface area contributed by atoms with Gasteiger partial charge in [-0.1, -0.05) is 16.8 Å². The van der Waals surface area contributed by atoms with Gasteiger partial charge in [-0.3, -0.25) is 0 Å². The summed E-state index contributed by atoms with van der Waals surface area (Å²) < 4.78 is 5.46. The number of nitrogens with zero attached hydrogens (tertiary/aromatic N) is 2. The molecule has 1 aliphatic rings. The molecule has 1 N–H and O–H groups in total. The van der Waals surface area contributed by atoms with Gasteiger partial charge in [0.25, 0.3) is 5.89 Å². The van der Waals surface area contributed by atoms with Gasteiger partial charge in [0, 0.05) is 27.4 Å². The van der Waals surface area contributed by atoms with Crippen molar-refractivity contribution in [3.63, 3.8) is 0 Å². The first kappa shape index (κ1) is 14.9. The topological polar surface area (TPSA) is 43.4 Å². The van der Waals surface area contributed by atoms with E-state index in [1.165, 1.54) is 15.3 Å². The second kappa shape index (κ2) is 6.07. The van der Waals surface area contributed by atoms with Gasteiger partial charge in [0.1, 0.15) is 6.04 Å². The molecule has 4 rings (SSSR count). The minimum absolute atomic E-state index is 0.468. The van der Waals surface area contributed by atoms with E-state index in [0.717, 1.165) is 25.1 Å². The fraction of sp³-hybridized carbons (Fsp3) is 0.294. The van der Waals surface area contributed by atoms with Crippen molar-refractivity contribution in [3.05, 3.63) is 57.1 Å². The Morgan fingerprint density at radius 3 is 2.96 bits per heavy atom. The van der Waals surface area contributed by atoms with Gasteiger partial charge >= 0.3 is 0 Å². The predicted molar refractivity (Wildman–Crippen MR) is 90.7 cm³/mol. The molecule has 1 unspecified atom stereocenters. The maximum absolute atomic E-state index is 5.91. The lowest BCUT2D eigenvalue weighted by atomic mass is 10.0. The molecule has 0 radical (unpaired) electrons. The van der Waals surface area contributed by atoms with Crippen molar-refractivity contribution >= 4 is 22.9 Å². The molecule has 1 aromatic carbocycles. The highest BCUT2D eigenvalue weighted by atomic mass is 35.5.